The largest absolute Gasteiger partial charge is 0.379 e. The number of rotatable bonds is 7. The monoisotopic (exact) mass is 379 g/mol. The molecule has 0 spiro atoms. The lowest BCUT2D eigenvalue weighted by molar-refractivity contribution is 0.0174. The quantitative estimate of drug-likeness (QED) is 0.322. The van der Waals surface area contributed by atoms with Crippen LogP contribution < -0.4 is 5.48 Å². The summed E-state index contributed by atoms with van der Waals surface area (Å²) in [4.78, 5) is 6.49. The molecular weight excluding hydrogens is 357 g/mol. The number of amidine groups is 1. The first-order valence-corrected chi connectivity index (χ1v) is 8.62. The number of aryl methyl sites for hydroxylation is 1. The topological polar surface area (TPSA) is 105 Å². The summed E-state index contributed by atoms with van der Waals surface area (Å²) in [6.45, 7) is 6.36. The van der Waals surface area contributed by atoms with Gasteiger partial charge in [0, 0.05) is 19.6 Å². The van der Waals surface area contributed by atoms with E-state index in [1.54, 1.807) is 13.0 Å². The minimum Gasteiger partial charge on any atom is -0.379 e. The van der Waals surface area contributed by atoms with Crippen molar-refractivity contribution in [3.63, 3.8) is 0 Å². The molecule has 146 valence electrons. The van der Waals surface area contributed by atoms with Crippen LogP contribution in [0.3, 0.4) is 0 Å². The van der Waals surface area contributed by atoms with Crippen LogP contribution in [0.15, 0.2) is 27.8 Å². The van der Waals surface area contributed by atoms with Crippen LogP contribution in [0.2, 0.25) is 0 Å². The summed E-state index contributed by atoms with van der Waals surface area (Å²) in [6, 6.07) is 4.35. The highest BCUT2D eigenvalue weighted by Crippen LogP contribution is 2.18. The minimum absolute atomic E-state index is 0.0361. The fourth-order valence-electron chi connectivity index (χ4n) is 2.63. The molecule has 0 atom stereocenters. The van der Waals surface area contributed by atoms with Gasteiger partial charge in [0.25, 0.3) is 0 Å². The number of halogens is 1. The van der Waals surface area contributed by atoms with Gasteiger partial charge in [-0.05, 0) is 35.8 Å². The number of aliphatic imine (C=N–C) groups is 1. The second kappa shape index (κ2) is 9.51. The predicted molar refractivity (Wildman–Crippen MR) is 93.5 cm³/mol. The highest BCUT2D eigenvalue weighted by molar-refractivity contribution is 5.98. The van der Waals surface area contributed by atoms with Gasteiger partial charge in [0.2, 0.25) is 0 Å². The molecule has 3 rings (SSSR count). The Kier molecular flexibility index (Phi) is 6.82. The third kappa shape index (κ3) is 5.30. The van der Waals surface area contributed by atoms with Crippen LogP contribution in [0, 0.1) is 12.7 Å². The van der Waals surface area contributed by atoms with Crippen molar-refractivity contribution in [2.45, 2.75) is 13.5 Å². The fourth-order valence-corrected chi connectivity index (χ4v) is 2.63. The Balaban J connectivity index is 1.61. The Labute approximate surface area is 155 Å². The molecule has 1 aliphatic heterocycles. The Bertz CT molecular complexity index is 776. The summed E-state index contributed by atoms with van der Waals surface area (Å²) in [5.41, 5.74) is 3.51. The van der Waals surface area contributed by atoms with Crippen molar-refractivity contribution in [2.24, 2.45) is 4.99 Å². The van der Waals surface area contributed by atoms with E-state index in [9.17, 15) is 9.60 Å². The number of nitrogens with one attached hydrogen (secondary N) is 1. The maximum atomic E-state index is 13.4. The third-order valence-corrected chi connectivity index (χ3v) is 4.16. The van der Waals surface area contributed by atoms with Gasteiger partial charge in [-0.1, -0.05) is 5.16 Å². The number of ether oxygens (including phenoxy) is 2. The highest BCUT2D eigenvalue weighted by atomic mass is 19.1. The van der Waals surface area contributed by atoms with Crippen LogP contribution >= 0.6 is 0 Å². The standard InChI is InChI=1S/C17H22FN5O4/c1-12-10-13(2-3-14(12)18)19-17(20-24)16-15(21-27-22-16)11-26-9-6-23-4-7-25-8-5-23/h2-3,10,24H,4-9,11H2,1H3,(H,19,20). The third-order valence-electron chi connectivity index (χ3n) is 4.16. The average Bonchev–Trinajstić information content (AvgIpc) is 3.15. The first-order valence-electron chi connectivity index (χ1n) is 8.62. The predicted octanol–water partition coefficient (Wildman–Crippen LogP) is 1.42. The summed E-state index contributed by atoms with van der Waals surface area (Å²) in [7, 11) is 0. The normalized spacial score (nSPS) is 15.9. The maximum Gasteiger partial charge on any atom is 0.182 e. The number of nitrogens with zero attached hydrogens (tertiary/aromatic N) is 4. The Morgan fingerprint density at radius 1 is 1.37 bits per heavy atom. The van der Waals surface area contributed by atoms with Crippen molar-refractivity contribution in [3.05, 3.63) is 41.0 Å². The first-order chi connectivity index (χ1) is 13.2. The van der Waals surface area contributed by atoms with E-state index in [0.29, 0.717) is 23.6 Å². The molecule has 10 heteroatoms. The summed E-state index contributed by atoms with van der Waals surface area (Å²) in [5, 5.41) is 17.0. The summed E-state index contributed by atoms with van der Waals surface area (Å²) in [5.74, 6) is -0.293. The molecule has 0 saturated carbocycles. The Morgan fingerprint density at radius 2 is 2.19 bits per heavy atom. The zero-order valence-electron chi connectivity index (χ0n) is 15.0. The van der Waals surface area contributed by atoms with Gasteiger partial charge in [-0.2, -0.15) is 0 Å². The molecule has 0 unspecified atom stereocenters. The Hall–Kier alpha value is -2.40. The first kappa shape index (κ1) is 19.4. The zero-order chi connectivity index (χ0) is 19.1. The van der Waals surface area contributed by atoms with Crippen molar-refractivity contribution in [2.75, 3.05) is 39.5 Å². The molecule has 9 nitrogen and oxygen atoms in total. The summed E-state index contributed by atoms with van der Waals surface area (Å²) < 4.78 is 29.1. The van der Waals surface area contributed by atoms with E-state index in [0.717, 1.165) is 32.8 Å². The van der Waals surface area contributed by atoms with Crippen LogP contribution in [-0.2, 0) is 16.1 Å². The van der Waals surface area contributed by atoms with Crippen LogP contribution in [0.1, 0.15) is 17.0 Å². The maximum absolute atomic E-state index is 13.4. The number of benzene rings is 1. The molecule has 2 aromatic rings. The van der Waals surface area contributed by atoms with Gasteiger partial charge in [-0.25, -0.2) is 14.0 Å². The van der Waals surface area contributed by atoms with Gasteiger partial charge in [0.1, 0.15) is 11.5 Å². The van der Waals surface area contributed by atoms with Crippen molar-refractivity contribution < 1.29 is 23.7 Å². The minimum atomic E-state index is -0.329. The smallest absolute Gasteiger partial charge is 0.182 e. The molecule has 0 aliphatic carbocycles. The van der Waals surface area contributed by atoms with E-state index in [4.69, 9.17) is 14.1 Å². The number of morpholine rings is 1. The number of hydrogen-bond acceptors (Lipinski definition) is 8. The van der Waals surface area contributed by atoms with E-state index in [1.165, 1.54) is 12.1 Å². The van der Waals surface area contributed by atoms with E-state index < -0.39 is 0 Å². The van der Waals surface area contributed by atoms with Crippen molar-refractivity contribution in [1.29, 1.82) is 0 Å². The van der Waals surface area contributed by atoms with Gasteiger partial charge in [-0.3, -0.25) is 15.6 Å². The number of hydroxylamine groups is 1. The molecule has 2 heterocycles. The molecule has 1 saturated heterocycles. The molecule has 1 fully saturated rings. The fraction of sp³-hybridized carbons (Fsp3) is 0.471. The molecule has 1 aromatic heterocycles. The number of aromatic nitrogens is 2. The van der Waals surface area contributed by atoms with E-state index in [2.05, 4.69) is 20.2 Å². The van der Waals surface area contributed by atoms with E-state index in [1.807, 2.05) is 5.48 Å². The second-order valence-electron chi connectivity index (χ2n) is 6.07. The highest BCUT2D eigenvalue weighted by Gasteiger charge is 2.17. The molecule has 1 aliphatic rings. The van der Waals surface area contributed by atoms with Gasteiger partial charge in [-0.15, -0.1) is 0 Å². The van der Waals surface area contributed by atoms with Gasteiger partial charge < -0.3 is 9.47 Å². The zero-order valence-corrected chi connectivity index (χ0v) is 15.0. The molecular formula is C17H22FN5O4. The van der Waals surface area contributed by atoms with Crippen LogP contribution in [-0.4, -0.2) is 65.7 Å². The lowest BCUT2D eigenvalue weighted by Gasteiger charge is -2.26. The van der Waals surface area contributed by atoms with Gasteiger partial charge in [0.15, 0.2) is 11.5 Å². The molecule has 27 heavy (non-hydrogen) atoms. The van der Waals surface area contributed by atoms with Crippen molar-refractivity contribution in [1.82, 2.24) is 20.7 Å². The lowest BCUT2D eigenvalue weighted by atomic mass is 10.2. The summed E-state index contributed by atoms with van der Waals surface area (Å²) in [6.07, 6.45) is 0. The van der Waals surface area contributed by atoms with E-state index >= 15 is 0 Å². The Morgan fingerprint density at radius 3 is 2.93 bits per heavy atom. The van der Waals surface area contributed by atoms with Crippen molar-refractivity contribution in [3.8, 4) is 0 Å². The van der Waals surface area contributed by atoms with Crippen LogP contribution in [0.4, 0.5) is 10.1 Å². The molecule has 0 amide bonds. The average molecular weight is 379 g/mol. The molecule has 0 radical (unpaired) electrons. The van der Waals surface area contributed by atoms with Crippen molar-refractivity contribution >= 4 is 11.5 Å². The van der Waals surface area contributed by atoms with Gasteiger partial charge >= 0.3 is 0 Å². The molecule has 1 aromatic carbocycles. The summed E-state index contributed by atoms with van der Waals surface area (Å²) >= 11 is 0. The van der Waals surface area contributed by atoms with Gasteiger partial charge in [0.05, 0.1) is 32.1 Å². The second-order valence-corrected chi connectivity index (χ2v) is 6.07. The lowest BCUT2D eigenvalue weighted by Crippen LogP contribution is -2.38. The molecule has 0 bridgehead atoms. The van der Waals surface area contributed by atoms with E-state index in [-0.39, 0.29) is 24.0 Å². The SMILES string of the molecule is Cc1cc(N=C(NO)c2nonc2COCCN2CCOCC2)ccc1F. The number of hydrogen-bond donors (Lipinski definition) is 2. The van der Waals surface area contributed by atoms with Crippen LogP contribution in [0.25, 0.3) is 0 Å². The van der Waals surface area contributed by atoms with Crippen LogP contribution in [0.5, 0.6) is 0 Å². The molecule has 2 N–H and O–H groups in total.